The molecular weight excluding hydrogens is 218 g/mol. The van der Waals surface area contributed by atoms with Crippen LogP contribution in [0.1, 0.15) is 19.4 Å². The van der Waals surface area contributed by atoms with E-state index in [-0.39, 0.29) is 0 Å². The van der Waals surface area contributed by atoms with Crippen LogP contribution >= 0.6 is 0 Å². The Kier molecular flexibility index (Phi) is 5.11. The number of anilines is 2. The molecule has 6 heteroatoms. The number of rotatable bonds is 6. The molecule has 0 saturated heterocycles. The Morgan fingerprint density at radius 2 is 2.24 bits per heavy atom. The molecule has 1 aromatic heterocycles. The van der Waals surface area contributed by atoms with Crippen molar-refractivity contribution in [3.8, 4) is 0 Å². The van der Waals surface area contributed by atoms with Gasteiger partial charge in [-0.2, -0.15) is 4.98 Å². The van der Waals surface area contributed by atoms with Crippen LogP contribution in [0.5, 0.6) is 0 Å². The van der Waals surface area contributed by atoms with Crippen molar-refractivity contribution in [3.05, 3.63) is 11.8 Å². The second kappa shape index (κ2) is 6.36. The average molecular weight is 239 g/mol. The number of hydrogen-bond donors (Lipinski definition) is 2. The number of aryl methyl sites for hydroxylation is 1. The van der Waals surface area contributed by atoms with Gasteiger partial charge in [-0.25, -0.2) is 10.8 Å². The van der Waals surface area contributed by atoms with E-state index >= 15 is 0 Å². The molecule has 0 unspecified atom stereocenters. The molecule has 0 radical (unpaired) electrons. The van der Waals surface area contributed by atoms with Crippen LogP contribution in [0.15, 0.2) is 6.20 Å². The van der Waals surface area contributed by atoms with Crippen molar-refractivity contribution in [1.82, 2.24) is 9.97 Å². The van der Waals surface area contributed by atoms with E-state index in [4.69, 9.17) is 10.6 Å². The van der Waals surface area contributed by atoms with Crippen molar-refractivity contribution in [3.63, 3.8) is 0 Å². The molecule has 17 heavy (non-hydrogen) atoms. The predicted molar refractivity (Wildman–Crippen MR) is 68.9 cm³/mol. The van der Waals surface area contributed by atoms with E-state index in [1.807, 2.05) is 6.92 Å². The van der Waals surface area contributed by atoms with Crippen molar-refractivity contribution >= 4 is 11.8 Å². The van der Waals surface area contributed by atoms with E-state index in [0.717, 1.165) is 17.9 Å². The normalized spacial score (nSPS) is 10.7. The molecule has 0 spiro atoms. The van der Waals surface area contributed by atoms with Gasteiger partial charge in [0.15, 0.2) is 0 Å². The Balaban J connectivity index is 2.99. The maximum absolute atomic E-state index is 5.33. The van der Waals surface area contributed by atoms with E-state index in [0.29, 0.717) is 18.6 Å². The fourth-order valence-corrected chi connectivity index (χ4v) is 1.59. The van der Waals surface area contributed by atoms with Gasteiger partial charge in [0.05, 0.1) is 6.61 Å². The molecule has 0 fully saturated rings. The highest BCUT2D eigenvalue weighted by Crippen LogP contribution is 2.19. The van der Waals surface area contributed by atoms with Crippen molar-refractivity contribution < 1.29 is 4.74 Å². The first-order valence-electron chi connectivity index (χ1n) is 5.66. The first-order valence-corrected chi connectivity index (χ1v) is 5.66. The summed E-state index contributed by atoms with van der Waals surface area (Å²) >= 11 is 0. The summed E-state index contributed by atoms with van der Waals surface area (Å²) in [5.41, 5.74) is 3.49. The summed E-state index contributed by atoms with van der Waals surface area (Å²) in [6.45, 7) is 7.67. The van der Waals surface area contributed by atoms with E-state index < -0.39 is 0 Å². The van der Waals surface area contributed by atoms with Crippen LogP contribution in [0.3, 0.4) is 0 Å². The number of nitrogens with two attached hydrogens (primary N) is 1. The van der Waals surface area contributed by atoms with Gasteiger partial charge in [-0.3, -0.25) is 5.43 Å². The van der Waals surface area contributed by atoms with Crippen LogP contribution in [0, 0.1) is 6.92 Å². The quantitative estimate of drug-likeness (QED) is 0.568. The second-order valence-corrected chi connectivity index (χ2v) is 4.12. The summed E-state index contributed by atoms with van der Waals surface area (Å²) < 4.78 is 5.12. The van der Waals surface area contributed by atoms with Gasteiger partial charge in [0.2, 0.25) is 5.95 Å². The number of methoxy groups -OCH3 is 1. The Labute approximate surface area is 102 Å². The van der Waals surface area contributed by atoms with E-state index in [9.17, 15) is 0 Å². The van der Waals surface area contributed by atoms with Gasteiger partial charge in [-0.15, -0.1) is 0 Å². The minimum Gasteiger partial charge on any atom is -0.383 e. The summed E-state index contributed by atoms with van der Waals surface area (Å²) in [7, 11) is 1.69. The molecule has 0 atom stereocenters. The van der Waals surface area contributed by atoms with Gasteiger partial charge < -0.3 is 9.64 Å². The molecule has 0 aliphatic heterocycles. The first-order chi connectivity index (χ1) is 8.10. The van der Waals surface area contributed by atoms with Crippen molar-refractivity contribution in [2.75, 3.05) is 30.6 Å². The van der Waals surface area contributed by atoms with Crippen LogP contribution in [0.25, 0.3) is 0 Å². The minimum absolute atomic E-state index is 0.337. The average Bonchev–Trinajstić information content (AvgIpc) is 2.31. The summed E-state index contributed by atoms with van der Waals surface area (Å²) in [6.07, 6.45) is 1.76. The molecule has 0 aromatic carbocycles. The largest absolute Gasteiger partial charge is 0.383 e. The van der Waals surface area contributed by atoms with Crippen LogP contribution in [-0.2, 0) is 4.74 Å². The van der Waals surface area contributed by atoms with Crippen molar-refractivity contribution in [1.29, 1.82) is 0 Å². The molecule has 3 N–H and O–H groups in total. The third kappa shape index (κ3) is 3.54. The highest BCUT2D eigenvalue weighted by Gasteiger charge is 2.15. The van der Waals surface area contributed by atoms with Gasteiger partial charge in [-0.05, 0) is 20.8 Å². The number of nitrogens with one attached hydrogen (secondary N) is 1. The number of nitrogen functional groups attached to an aromatic ring is 1. The minimum atomic E-state index is 0.337. The lowest BCUT2D eigenvalue weighted by Gasteiger charge is -2.28. The highest BCUT2D eigenvalue weighted by atomic mass is 16.5. The monoisotopic (exact) mass is 239 g/mol. The van der Waals surface area contributed by atoms with Crippen LogP contribution in [0.4, 0.5) is 11.8 Å². The fraction of sp³-hybridized carbons (Fsp3) is 0.636. The van der Waals surface area contributed by atoms with Crippen molar-refractivity contribution in [2.45, 2.75) is 26.8 Å². The third-order valence-corrected chi connectivity index (χ3v) is 2.51. The zero-order valence-corrected chi connectivity index (χ0v) is 10.9. The topological polar surface area (TPSA) is 76.3 Å². The van der Waals surface area contributed by atoms with Crippen molar-refractivity contribution in [2.24, 2.45) is 5.84 Å². The molecule has 96 valence electrons. The van der Waals surface area contributed by atoms with Crippen LogP contribution < -0.4 is 16.2 Å². The van der Waals surface area contributed by atoms with Gasteiger partial charge in [0.25, 0.3) is 0 Å². The van der Waals surface area contributed by atoms with Crippen LogP contribution in [-0.4, -0.2) is 36.3 Å². The fourth-order valence-electron chi connectivity index (χ4n) is 1.59. The lowest BCUT2D eigenvalue weighted by atomic mass is 10.2. The smallest absolute Gasteiger partial charge is 0.239 e. The van der Waals surface area contributed by atoms with Crippen LogP contribution in [0.2, 0.25) is 0 Å². The van der Waals surface area contributed by atoms with Gasteiger partial charge in [0, 0.05) is 31.5 Å². The summed E-state index contributed by atoms with van der Waals surface area (Å²) in [4.78, 5) is 10.6. The standard InChI is InChI=1S/C11H21N5O/c1-8(2)16(5-6-17-4)10-9(3)7-13-11(14-10)15-12/h7-8H,5-6,12H2,1-4H3,(H,13,14,15). The maximum Gasteiger partial charge on any atom is 0.239 e. The molecule has 0 amide bonds. The molecule has 6 nitrogen and oxygen atoms in total. The number of hydrazine groups is 1. The number of nitrogens with zero attached hydrogens (tertiary/aromatic N) is 3. The zero-order chi connectivity index (χ0) is 12.8. The van der Waals surface area contributed by atoms with Gasteiger partial charge in [0.1, 0.15) is 5.82 Å². The molecule has 0 aliphatic carbocycles. The molecule has 0 aliphatic rings. The Morgan fingerprint density at radius 3 is 2.76 bits per heavy atom. The molecule has 0 bridgehead atoms. The Morgan fingerprint density at radius 1 is 1.53 bits per heavy atom. The highest BCUT2D eigenvalue weighted by molar-refractivity contribution is 5.49. The zero-order valence-electron chi connectivity index (χ0n) is 10.9. The molecule has 1 rings (SSSR count). The third-order valence-electron chi connectivity index (χ3n) is 2.51. The molecular formula is C11H21N5O. The molecule has 1 heterocycles. The predicted octanol–water partition coefficient (Wildman–Crippen LogP) is 0.932. The Bertz CT molecular complexity index is 356. The first kappa shape index (κ1) is 13.7. The Hall–Kier alpha value is -1.40. The number of aromatic nitrogens is 2. The summed E-state index contributed by atoms with van der Waals surface area (Å²) in [5.74, 6) is 6.64. The lowest BCUT2D eigenvalue weighted by Crippen LogP contribution is -2.35. The summed E-state index contributed by atoms with van der Waals surface area (Å²) in [5, 5.41) is 0. The number of hydrogen-bond acceptors (Lipinski definition) is 6. The van der Waals surface area contributed by atoms with E-state index in [1.54, 1.807) is 13.3 Å². The van der Waals surface area contributed by atoms with Gasteiger partial charge >= 0.3 is 0 Å². The second-order valence-electron chi connectivity index (χ2n) is 4.12. The molecule has 0 saturated carbocycles. The SMILES string of the molecule is COCCN(c1nc(NN)ncc1C)C(C)C. The lowest BCUT2D eigenvalue weighted by molar-refractivity contribution is 0.203. The van der Waals surface area contributed by atoms with Gasteiger partial charge in [-0.1, -0.05) is 0 Å². The molecule has 1 aromatic rings. The number of ether oxygens (including phenoxy) is 1. The maximum atomic E-state index is 5.33. The van der Waals surface area contributed by atoms with E-state index in [2.05, 4.69) is 34.1 Å². The van der Waals surface area contributed by atoms with E-state index in [1.165, 1.54) is 0 Å². The summed E-state index contributed by atoms with van der Waals surface area (Å²) in [6, 6.07) is 0.337.